The van der Waals surface area contributed by atoms with Gasteiger partial charge in [0, 0.05) is 6.20 Å². The lowest BCUT2D eigenvalue weighted by Gasteiger charge is -2.09. The molecule has 0 radical (unpaired) electrons. The molecule has 0 aliphatic heterocycles. The average Bonchev–Trinajstić information content (AvgIpc) is 2.33. The third-order valence-electron chi connectivity index (χ3n) is 2.51. The number of nitrogens with zero attached hydrogens (tertiary/aromatic N) is 1. The van der Waals surface area contributed by atoms with Crippen molar-refractivity contribution in [1.82, 2.24) is 4.98 Å². The Balaban J connectivity index is 2.25. The minimum atomic E-state index is -0.572. The van der Waals surface area contributed by atoms with Crippen LogP contribution in [0, 0.1) is 5.82 Å². The van der Waals surface area contributed by atoms with Crippen molar-refractivity contribution >= 4 is 11.6 Å². The molecule has 0 aliphatic rings. The molecule has 0 bridgehead atoms. The Morgan fingerprint density at radius 2 is 2.06 bits per heavy atom. The lowest BCUT2D eigenvalue weighted by Crippen LogP contribution is -1.93. The van der Waals surface area contributed by atoms with E-state index in [-0.39, 0.29) is 10.9 Å². The molecule has 94 valence electrons. The number of benzene rings is 1. The number of aromatic nitrogens is 1. The number of pyridine rings is 1. The normalized spacial score (nSPS) is 10.7. The van der Waals surface area contributed by atoms with E-state index in [1.54, 1.807) is 6.07 Å². The van der Waals surface area contributed by atoms with Gasteiger partial charge in [0.1, 0.15) is 5.75 Å². The molecule has 1 heterocycles. The van der Waals surface area contributed by atoms with Crippen LogP contribution in [0.1, 0.15) is 25.3 Å². The summed E-state index contributed by atoms with van der Waals surface area (Å²) in [4.78, 5) is 3.82. The Hall–Kier alpha value is -1.61. The Kier molecular flexibility index (Phi) is 3.82. The molecule has 1 aromatic carbocycles. The average molecular weight is 266 g/mol. The van der Waals surface area contributed by atoms with Crippen molar-refractivity contribution in [1.29, 1.82) is 0 Å². The van der Waals surface area contributed by atoms with E-state index >= 15 is 0 Å². The van der Waals surface area contributed by atoms with Crippen molar-refractivity contribution in [2.24, 2.45) is 0 Å². The highest BCUT2D eigenvalue weighted by molar-refractivity contribution is 6.30. The van der Waals surface area contributed by atoms with Gasteiger partial charge in [0.2, 0.25) is 0 Å². The van der Waals surface area contributed by atoms with Gasteiger partial charge in [0.05, 0.1) is 5.02 Å². The van der Waals surface area contributed by atoms with Gasteiger partial charge in [-0.3, -0.25) is 0 Å². The molecule has 0 saturated heterocycles. The van der Waals surface area contributed by atoms with Crippen molar-refractivity contribution in [3.8, 4) is 11.6 Å². The zero-order valence-corrected chi connectivity index (χ0v) is 10.9. The third kappa shape index (κ3) is 2.99. The van der Waals surface area contributed by atoms with Gasteiger partial charge in [-0.05, 0) is 29.7 Å². The summed E-state index contributed by atoms with van der Waals surface area (Å²) in [5.74, 6) is 0.309. The first kappa shape index (κ1) is 12.8. The van der Waals surface area contributed by atoms with Crippen LogP contribution in [0.4, 0.5) is 4.39 Å². The van der Waals surface area contributed by atoms with Crippen molar-refractivity contribution in [2.45, 2.75) is 19.8 Å². The van der Waals surface area contributed by atoms with Crippen molar-refractivity contribution in [2.75, 3.05) is 0 Å². The van der Waals surface area contributed by atoms with Gasteiger partial charge in [-0.1, -0.05) is 37.6 Å². The van der Waals surface area contributed by atoms with Crippen molar-refractivity contribution in [3.05, 3.63) is 52.9 Å². The smallest absolute Gasteiger partial charge is 0.255 e. The molecule has 0 unspecified atom stereocenters. The summed E-state index contributed by atoms with van der Waals surface area (Å²) in [7, 11) is 0. The molecule has 0 saturated carbocycles. The highest BCUT2D eigenvalue weighted by atomic mass is 35.5. The summed E-state index contributed by atoms with van der Waals surface area (Å²) in [5.41, 5.74) is 1.13. The predicted octanol–water partition coefficient (Wildman–Crippen LogP) is 4.79. The van der Waals surface area contributed by atoms with Crippen LogP contribution in [0.25, 0.3) is 0 Å². The highest BCUT2D eigenvalue weighted by Gasteiger charge is 2.08. The minimum Gasteiger partial charge on any atom is -0.436 e. The molecule has 0 amide bonds. The predicted molar refractivity (Wildman–Crippen MR) is 69.8 cm³/mol. The topological polar surface area (TPSA) is 22.1 Å². The van der Waals surface area contributed by atoms with Crippen molar-refractivity contribution in [3.63, 3.8) is 0 Å². The summed E-state index contributed by atoms with van der Waals surface area (Å²) in [6.45, 7) is 4.17. The highest BCUT2D eigenvalue weighted by Crippen LogP contribution is 2.26. The van der Waals surface area contributed by atoms with Crippen LogP contribution in [-0.2, 0) is 0 Å². The van der Waals surface area contributed by atoms with E-state index in [1.807, 2.05) is 18.2 Å². The summed E-state index contributed by atoms with van der Waals surface area (Å²) < 4.78 is 18.9. The van der Waals surface area contributed by atoms with E-state index in [9.17, 15) is 4.39 Å². The van der Waals surface area contributed by atoms with Gasteiger partial charge in [-0.25, -0.2) is 9.37 Å². The summed E-state index contributed by atoms with van der Waals surface area (Å²) in [6, 6.07) is 8.69. The number of hydrogen-bond acceptors (Lipinski definition) is 2. The van der Waals surface area contributed by atoms with Crippen LogP contribution in [0.5, 0.6) is 11.6 Å². The van der Waals surface area contributed by atoms with Gasteiger partial charge in [0.15, 0.2) is 5.82 Å². The minimum absolute atomic E-state index is 0.0692. The fourth-order valence-corrected chi connectivity index (χ4v) is 1.67. The van der Waals surface area contributed by atoms with Gasteiger partial charge < -0.3 is 4.74 Å². The Bertz CT molecular complexity index is 557. The Morgan fingerprint density at radius 1 is 1.28 bits per heavy atom. The summed E-state index contributed by atoms with van der Waals surface area (Å²) in [5, 5.41) is 0.246. The molecular formula is C14H13ClFNO. The molecule has 0 atom stereocenters. The quantitative estimate of drug-likeness (QED) is 0.796. The molecule has 0 spiro atoms. The standard InChI is InChI=1S/C14H13ClFNO/c1-9(2)10-4-3-5-12(6-10)18-14-13(16)7-11(15)8-17-14/h3-9H,1-2H3. The zero-order chi connectivity index (χ0) is 13.1. The van der Waals surface area contributed by atoms with E-state index < -0.39 is 5.82 Å². The maximum atomic E-state index is 13.5. The largest absolute Gasteiger partial charge is 0.436 e. The zero-order valence-electron chi connectivity index (χ0n) is 10.2. The molecule has 0 aliphatic carbocycles. The van der Waals surface area contributed by atoms with Gasteiger partial charge in [0.25, 0.3) is 5.88 Å². The molecule has 18 heavy (non-hydrogen) atoms. The molecule has 2 nitrogen and oxygen atoms in total. The summed E-state index contributed by atoms with van der Waals surface area (Å²) in [6.07, 6.45) is 1.35. The van der Waals surface area contributed by atoms with E-state index in [1.165, 1.54) is 12.3 Å². The lowest BCUT2D eigenvalue weighted by atomic mass is 10.0. The molecule has 2 aromatic rings. The number of ether oxygens (including phenoxy) is 1. The van der Waals surface area contributed by atoms with Crippen LogP contribution in [-0.4, -0.2) is 4.98 Å². The van der Waals surface area contributed by atoms with Gasteiger partial charge in [-0.15, -0.1) is 0 Å². The fraction of sp³-hybridized carbons (Fsp3) is 0.214. The van der Waals surface area contributed by atoms with Crippen LogP contribution in [0.15, 0.2) is 36.5 Å². The van der Waals surface area contributed by atoms with E-state index in [0.717, 1.165) is 5.56 Å². The first-order valence-corrected chi connectivity index (χ1v) is 6.03. The second-order valence-electron chi connectivity index (χ2n) is 4.27. The molecule has 1 aromatic heterocycles. The maximum absolute atomic E-state index is 13.5. The van der Waals surface area contributed by atoms with E-state index in [2.05, 4.69) is 18.8 Å². The molecular weight excluding hydrogens is 253 g/mol. The third-order valence-corrected chi connectivity index (χ3v) is 2.72. The van der Waals surface area contributed by atoms with Crippen molar-refractivity contribution < 1.29 is 9.13 Å². The number of hydrogen-bond donors (Lipinski definition) is 0. The fourth-order valence-electron chi connectivity index (χ4n) is 1.53. The van der Waals surface area contributed by atoms with E-state index in [0.29, 0.717) is 11.7 Å². The summed E-state index contributed by atoms with van der Waals surface area (Å²) >= 11 is 5.63. The molecule has 4 heteroatoms. The second-order valence-corrected chi connectivity index (χ2v) is 4.71. The molecule has 0 N–H and O–H groups in total. The lowest BCUT2D eigenvalue weighted by molar-refractivity contribution is 0.422. The first-order valence-electron chi connectivity index (χ1n) is 5.65. The number of rotatable bonds is 3. The number of halogens is 2. The first-order chi connectivity index (χ1) is 8.56. The molecule has 2 rings (SSSR count). The van der Waals surface area contributed by atoms with Crippen LogP contribution in [0.2, 0.25) is 5.02 Å². The van der Waals surface area contributed by atoms with Crippen LogP contribution < -0.4 is 4.74 Å². The van der Waals surface area contributed by atoms with Crippen LogP contribution in [0.3, 0.4) is 0 Å². The van der Waals surface area contributed by atoms with Gasteiger partial charge in [-0.2, -0.15) is 0 Å². The SMILES string of the molecule is CC(C)c1cccc(Oc2ncc(Cl)cc2F)c1. The maximum Gasteiger partial charge on any atom is 0.255 e. The monoisotopic (exact) mass is 265 g/mol. The molecule has 0 fully saturated rings. The van der Waals surface area contributed by atoms with Gasteiger partial charge >= 0.3 is 0 Å². The Labute approximate surface area is 110 Å². The van der Waals surface area contributed by atoms with E-state index in [4.69, 9.17) is 16.3 Å². The second kappa shape index (κ2) is 5.36. The Morgan fingerprint density at radius 3 is 2.72 bits per heavy atom. The van der Waals surface area contributed by atoms with Crippen LogP contribution >= 0.6 is 11.6 Å².